The van der Waals surface area contributed by atoms with Crippen LogP contribution in [0.3, 0.4) is 0 Å². The highest BCUT2D eigenvalue weighted by Crippen LogP contribution is 2.36. The third kappa shape index (κ3) is 4.24. The van der Waals surface area contributed by atoms with E-state index in [1.165, 1.54) is 0 Å². The van der Waals surface area contributed by atoms with Crippen LogP contribution >= 0.6 is 0 Å². The van der Waals surface area contributed by atoms with Gasteiger partial charge in [-0.25, -0.2) is 4.79 Å². The highest BCUT2D eigenvalue weighted by Gasteiger charge is 2.41. The van der Waals surface area contributed by atoms with Crippen LogP contribution in [0.2, 0.25) is 0 Å². The van der Waals surface area contributed by atoms with Crippen molar-refractivity contribution in [2.45, 2.75) is 51.7 Å². The number of piperidine rings is 1. The molecule has 0 aliphatic carbocycles. The minimum absolute atomic E-state index is 0.161. The van der Waals surface area contributed by atoms with Gasteiger partial charge in [-0.05, 0) is 39.7 Å². The van der Waals surface area contributed by atoms with Crippen LogP contribution in [-0.4, -0.2) is 40.3 Å². The van der Waals surface area contributed by atoms with Crippen molar-refractivity contribution in [3.8, 4) is 0 Å². The van der Waals surface area contributed by atoms with Gasteiger partial charge in [0.15, 0.2) is 0 Å². The number of rotatable bonds is 2. The standard InChI is InChI=1S/C18H25NO4/c1-12-10-14(16(20)21)15(13-8-6-5-7-9-13)11-19(12)17(22)23-18(2,3)4/h5-9,12,14-15H,10-11H2,1-4H3,(H,20,21)/t12-,14+,15-/m0/s1. The molecule has 1 fully saturated rings. The molecular formula is C18H25NO4. The summed E-state index contributed by atoms with van der Waals surface area (Å²) in [6, 6.07) is 9.36. The first-order valence-electron chi connectivity index (χ1n) is 7.96. The summed E-state index contributed by atoms with van der Waals surface area (Å²) in [6.07, 6.45) is 0.0449. The summed E-state index contributed by atoms with van der Waals surface area (Å²) in [5.41, 5.74) is 0.378. The Kier molecular flexibility index (Phi) is 4.97. The van der Waals surface area contributed by atoms with Crippen molar-refractivity contribution in [2.24, 2.45) is 5.92 Å². The lowest BCUT2D eigenvalue weighted by Gasteiger charge is -2.41. The smallest absolute Gasteiger partial charge is 0.410 e. The molecule has 0 bridgehead atoms. The zero-order valence-corrected chi connectivity index (χ0v) is 14.2. The van der Waals surface area contributed by atoms with E-state index in [1.54, 1.807) is 4.90 Å². The summed E-state index contributed by atoms with van der Waals surface area (Å²) in [5, 5.41) is 9.56. The summed E-state index contributed by atoms with van der Waals surface area (Å²) in [5.74, 6) is -1.53. The highest BCUT2D eigenvalue weighted by molar-refractivity contribution is 5.74. The van der Waals surface area contributed by atoms with Crippen LogP contribution in [-0.2, 0) is 9.53 Å². The number of benzene rings is 1. The molecule has 3 atom stereocenters. The highest BCUT2D eigenvalue weighted by atomic mass is 16.6. The maximum Gasteiger partial charge on any atom is 0.410 e. The molecule has 23 heavy (non-hydrogen) atoms. The number of amides is 1. The molecule has 1 saturated heterocycles. The number of ether oxygens (including phenoxy) is 1. The van der Waals surface area contributed by atoms with E-state index in [0.717, 1.165) is 5.56 Å². The van der Waals surface area contributed by atoms with Crippen molar-refractivity contribution in [3.05, 3.63) is 35.9 Å². The van der Waals surface area contributed by atoms with Crippen LogP contribution < -0.4 is 0 Å². The Labute approximate surface area is 137 Å². The Hall–Kier alpha value is -2.04. The minimum Gasteiger partial charge on any atom is -0.481 e. The van der Waals surface area contributed by atoms with Crippen LogP contribution in [0.15, 0.2) is 30.3 Å². The molecule has 0 aromatic heterocycles. The van der Waals surface area contributed by atoms with Crippen LogP contribution in [0.25, 0.3) is 0 Å². The van der Waals surface area contributed by atoms with E-state index in [2.05, 4.69) is 0 Å². The maximum absolute atomic E-state index is 12.4. The van der Waals surface area contributed by atoms with Gasteiger partial charge in [0.25, 0.3) is 0 Å². The number of hydrogen-bond acceptors (Lipinski definition) is 3. The number of hydrogen-bond donors (Lipinski definition) is 1. The third-order valence-electron chi connectivity index (χ3n) is 4.18. The Morgan fingerprint density at radius 2 is 1.83 bits per heavy atom. The van der Waals surface area contributed by atoms with E-state index in [4.69, 9.17) is 4.74 Å². The van der Waals surface area contributed by atoms with Gasteiger partial charge in [-0.15, -0.1) is 0 Å². The second kappa shape index (κ2) is 6.60. The van der Waals surface area contributed by atoms with Gasteiger partial charge >= 0.3 is 12.1 Å². The van der Waals surface area contributed by atoms with Gasteiger partial charge < -0.3 is 14.7 Å². The zero-order valence-electron chi connectivity index (χ0n) is 14.2. The van der Waals surface area contributed by atoms with E-state index in [-0.39, 0.29) is 18.1 Å². The predicted molar refractivity (Wildman–Crippen MR) is 87.3 cm³/mol. The fourth-order valence-electron chi connectivity index (χ4n) is 3.06. The summed E-state index contributed by atoms with van der Waals surface area (Å²) in [6.45, 7) is 7.72. The summed E-state index contributed by atoms with van der Waals surface area (Å²) >= 11 is 0. The molecule has 1 aromatic carbocycles. The van der Waals surface area contributed by atoms with Gasteiger partial charge in [0.2, 0.25) is 0 Å². The van der Waals surface area contributed by atoms with Crippen molar-refractivity contribution >= 4 is 12.1 Å². The van der Waals surface area contributed by atoms with Gasteiger partial charge in [0.1, 0.15) is 5.60 Å². The van der Waals surface area contributed by atoms with Gasteiger partial charge in [0.05, 0.1) is 5.92 Å². The molecular weight excluding hydrogens is 294 g/mol. The van der Waals surface area contributed by atoms with E-state index >= 15 is 0 Å². The largest absolute Gasteiger partial charge is 0.481 e. The monoisotopic (exact) mass is 319 g/mol. The Morgan fingerprint density at radius 1 is 1.22 bits per heavy atom. The second-order valence-electron chi connectivity index (χ2n) is 7.18. The average Bonchev–Trinajstić information content (AvgIpc) is 2.45. The van der Waals surface area contributed by atoms with Crippen LogP contribution in [0.1, 0.15) is 45.6 Å². The second-order valence-corrected chi connectivity index (χ2v) is 7.18. The average molecular weight is 319 g/mol. The number of carboxylic acids is 1. The van der Waals surface area contributed by atoms with Gasteiger partial charge in [-0.3, -0.25) is 4.79 Å². The number of aliphatic carboxylic acids is 1. The maximum atomic E-state index is 12.4. The SMILES string of the molecule is C[C@H]1C[C@@H](C(=O)O)[C@H](c2ccccc2)CN1C(=O)OC(C)(C)C. The van der Waals surface area contributed by atoms with Crippen LogP contribution in [0.5, 0.6) is 0 Å². The summed E-state index contributed by atoms with van der Waals surface area (Å²) in [7, 11) is 0. The van der Waals surface area contributed by atoms with Crippen molar-refractivity contribution in [1.82, 2.24) is 4.90 Å². The molecule has 1 aromatic rings. The molecule has 5 heteroatoms. The molecule has 1 N–H and O–H groups in total. The number of carboxylic acid groups (broad SMARTS) is 1. The fourth-order valence-corrected chi connectivity index (χ4v) is 3.06. The molecule has 0 saturated carbocycles. The quantitative estimate of drug-likeness (QED) is 0.906. The van der Waals surface area contributed by atoms with E-state index < -0.39 is 17.5 Å². The first-order valence-corrected chi connectivity index (χ1v) is 7.96. The molecule has 0 radical (unpaired) electrons. The molecule has 0 unspecified atom stereocenters. The molecule has 1 aliphatic heterocycles. The number of nitrogens with zero attached hydrogens (tertiary/aromatic N) is 1. The lowest BCUT2D eigenvalue weighted by molar-refractivity contribution is -0.145. The van der Waals surface area contributed by atoms with E-state index in [1.807, 2.05) is 58.0 Å². The Bertz CT molecular complexity index is 564. The zero-order chi connectivity index (χ0) is 17.2. The van der Waals surface area contributed by atoms with E-state index in [9.17, 15) is 14.7 Å². The molecule has 5 nitrogen and oxygen atoms in total. The summed E-state index contributed by atoms with van der Waals surface area (Å²) in [4.78, 5) is 25.7. The van der Waals surface area contributed by atoms with Crippen molar-refractivity contribution in [2.75, 3.05) is 6.54 Å². The van der Waals surface area contributed by atoms with Crippen LogP contribution in [0.4, 0.5) is 4.79 Å². The minimum atomic E-state index is -0.811. The molecule has 126 valence electrons. The van der Waals surface area contributed by atoms with Gasteiger partial charge in [-0.1, -0.05) is 30.3 Å². The normalized spacial score (nSPS) is 25.0. The fraction of sp³-hybridized carbons (Fsp3) is 0.556. The summed E-state index contributed by atoms with van der Waals surface area (Å²) < 4.78 is 5.47. The lowest BCUT2D eigenvalue weighted by Crippen LogP contribution is -2.51. The third-order valence-corrected chi connectivity index (χ3v) is 4.18. The van der Waals surface area contributed by atoms with Crippen LogP contribution in [0, 0.1) is 5.92 Å². The predicted octanol–water partition coefficient (Wildman–Crippen LogP) is 3.50. The number of carbonyl (C=O) groups is 2. The molecule has 0 spiro atoms. The number of carbonyl (C=O) groups excluding carboxylic acids is 1. The first kappa shape index (κ1) is 17.3. The molecule has 1 heterocycles. The van der Waals surface area contributed by atoms with Gasteiger partial charge in [-0.2, -0.15) is 0 Å². The van der Waals surface area contributed by atoms with E-state index in [0.29, 0.717) is 13.0 Å². The Morgan fingerprint density at radius 3 is 2.35 bits per heavy atom. The van der Waals surface area contributed by atoms with Crippen molar-refractivity contribution < 1.29 is 19.4 Å². The molecule has 2 rings (SSSR count). The molecule has 1 aliphatic rings. The molecule has 1 amide bonds. The number of likely N-dealkylation sites (tertiary alicyclic amines) is 1. The lowest BCUT2D eigenvalue weighted by atomic mass is 9.78. The first-order chi connectivity index (χ1) is 10.7. The van der Waals surface area contributed by atoms with Crippen molar-refractivity contribution in [3.63, 3.8) is 0 Å². The van der Waals surface area contributed by atoms with Gasteiger partial charge in [0, 0.05) is 18.5 Å². The van der Waals surface area contributed by atoms with Crippen molar-refractivity contribution in [1.29, 1.82) is 0 Å². The Balaban J connectivity index is 2.25. The topological polar surface area (TPSA) is 66.8 Å².